The summed E-state index contributed by atoms with van der Waals surface area (Å²) in [5.74, 6) is 1.47. The Balaban J connectivity index is 1.65. The number of rotatable bonds is 3. The average Bonchev–Trinajstić information content (AvgIpc) is 3.07. The number of aromatic nitrogens is 2. The molecule has 5 nitrogen and oxygen atoms in total. The minimum atomic E-state index is -0.0930. The zero-order chi connectivity index (χ0) is 18.2. The van der Waals surface area contributed by atoms with Gasteiger partial charge in [-0.2, -0.15) is 4.98 Å². The fraction of sp³-hybridized carbons (Fsp3) is 0.579. The summed E-state index contributed by atoms with van der Waals surface area (Å²) < 4.78 is 5.52. The molecule has 0 radical (unpaired) electrons. The van der Waals surface area contributed by atoms with Gasteiger partial charge >= 0.3 is 0 Å². The summed E-state index contributed by atoms with van der Waals surface area (Å²) in [5, 5.41) is 4.94. The first kappa shape index (κ1) is 18.2. The molecule has 3 rings (SSSR count). The Morgan fingerprint density at radius 3 is 2.44 bits per heavy atom. The van der Waals surface area contributed by atoms with E-state index in [0.29, 0.717) is 5.89 Å². The zero-order valence-electron chi connectivity index (χ0n) is 15.7. The molecule has 2 heterocycles. The summed E-state index contributed by atoms with van der Waals surface area (Å²) in [6.07, 6.45) is 0. The molecule has 1 saturated heterocycles. The maximum Gasteiger partial charge on any atom is 0.243 e. The largest absolute Gasteiger partial charge is 0.369 e. The van der Waals surface area contributed by atoms with Crippen LogP contribution in [-0.2, 0) is 5.41 Å². The average molecular weight is 363 g/mol. The van der Waals surface area contributed by atoms with Gasteiger partial charge in [-0.1, -0.05) is 43.6 Å². The molecular weight excluding hydrogens is 336 g/mol. The van der Waals surface area contributed by atoms with Gasteiger partial charge in [-0.15, -0.1) is 0 Å². The van der Waals surface area contributed by atoms with E-state index in [9.17, 15) is 0 Å². The predicted molar refractivity (Wildman–Crippen MR) is 101 cm³/mol. The fourth-order valence-electron chi connectivity index (χ4n) is 3.14. The van der Waals surface area contributed by atoms with Crippen LogP contribution in [0.4, 0.5) is 5.69 Å². The van der Waals surface area contributed by atoms with Crippen LogP contribution < -0.4 is 4.90 Å². The Labute approximate surface area is 155 Å². The minimum absolute atomic E-state index is 0.0930. The van der Waals surface area contributed by atoms with Crippen LogP contribution in [0.2, 0.25) is 5.02 Å². The van der Waals surface area contributed by atoms with Crippen LogP contribution in [0.5, 0.6) is 0 Å². The van der Waals surface area contributed by atoms with E-state index in [1.54, 1.807) is 0 Å². The van der Waals surface area contributed by atoms with Crippen LogP contribution >= 0.6 is 11.6 Å². The van der Waals surface area contributed by atoms with Gasteiger partial charge in [0, 0.05) is 42.3 Å². The van der Waals surface area contributed by atoms with E-state index in [2.05, 4.69) is 66.7 Å². The molecule has 1 aliphatic heterocycles. The molecule has 1 aromatic heterocycles. The van der Waals surface area contributed by atoms with Crippen molar-refractivity contribution in [2.45, 2.75) is 46.1 Å². The van der Waals surface area contributed by atoms with Crippen LogP contribution in [0, 0.1) is 6.92 Å². The third kappa shape index (κ3) is 3.98. The van der Waals surface area contributed by atoms with Gasteiger partial charge in [0.15, 0.2) is 5.82 Å². The second-order valence-corrected chi connectivity index (χ2v) is 8.27. The van der Waals surface area contributed by atoms with Gasteiger partial charge in [0.1, 0.15) is 0 Å². The van der Waals surface area contributed by atoms with Crippen LogP contribution in [0.1, 0.15) is 51.0 Å². The Hall–Kier alpha value is -1.59. The van der Waals surface area contributed by atoms with Crippen molar-refractivity contribution < 1.29 is 4.52 Å². The normalized spacial score (nSPS) is 17.8. The lowest BCUT2D eigenvalue weighted by Gasteiger charge is -2.38. The van der Waals surface area contributed by atoms with Gasteiger partial charge in [-0.3, -0.25) is 4.90 Å². The Morgan fingerprint density at radius 1 is 1.16 bits per heavy atom. The molecule has 1 unspecified atom stereocenters. The summed E-state index contributed by atoms with van der Waals surface area (Å²) in [7, 11) is 0. The second kappa shape index (κ2) is 6.96. The lowest BCUT2D eigenvalue weighted by atomic mass is 9.96. The molecule has 1 aliphatic rings. The first-order valence-electron chi connectivity index (χ1n) is 8.85. The monoisotopic (exact) mass is 362 g/mol. The fourth-order valence-corrected chi connectivity index (χ4v) is 3.31. The highest BCUT2D eigenvalue weighted by atomic mass is 35.5. The highest BCUT2D eigenvalue weighted by molar-refractivity contribution is 6.30. The first-order valence-corrected chi connectivity index (χ1v) is 9.23. The molecule has 6 heteroatoms. The first-order chi connectivity index (χ1) is 11.8. The molecule has 1 atom stereocenters. The second-order valence-electron chi connectivity index (χ2n) is 7.84. The molecule has 1 fully saturated rings. The van der Waals surface area contributed by atoms with Gasteiger partial charge < -0.3 is 9.42 Å². The van der Waals surface area contributed by atoms with Crippen molar-refractivity contribution in [3.8, 4) is 0 Å². The molecule has 136 valence electrons. The van der Waals surface area contributed by atoms with Crippen LogP contribution in [-0.4, -0.2) is 41.2 Å². The highest BCUT2D eigenvalue weighted by Crippen LogP contribution is 2.28. The van der Waals surface area contributed by atoms with Crippen LogP contribution in [0.15, 0.2) is 22.7 Å². The van der Waals surface area contributed by atoms with E-state index in [1.807, 2.05) is 6.07 Å². The number of benzene rings is 1. The van der Waals surface area contributed by atoms with E-state index < -0.39 is 0 Å². The van der Waals surface area contributed by atoms with Gasteiger partial charge in [-0.25, -0.2) is 0 Å². The number of nitrogens with zero attached hydrogens (tertiary/aromatic N) is 4. The lowest BCUT2D eigenvalue weighted by Crippen LogP contribution is -2.47. The standard InChI is InChI=1S/C19H27ClN4O/c1-13-6-7-15(20)12-16(13)24-10-8-23(9-11-24)14(2)17-21-18(22-25-17)19(3,4)5/h6-7,12,14H,8-11H2,1-5H3. The van der Waals surface area contributed by atoms with Crippen LogP contribution in [0.3, 0.4) is 0 Å². The van der Waals surface area contributed by atoms with Gasteiger partial charge in [0.05, 0.1) is 6.04 Å². The summed E-state index contributed by atoms with van der Waals surface area (Å²) in [5.41, 5.74) is 2.40. The van der Waals surface area contributed by atoms with Gasteiger partial charge in [0.25, 0.3) is 0 Å². The molecular formula is C19H27ClN4O. The maximum absolute atomic E-state index is 6.17. The number of hydrogen-bond donors (Lipinski definition) is 0. The summed E-state index contributed by atoms with van der Waals surface area (Å²) in [4.78, 5) is 9.41. The number of anilines is 1. The third-order valence-corrected chi connectivity index (χ3v) is 5.08. The number of hydrogen-bond acceptors (Lipinski definition) is 5. The molecule has 0 bridgehead atoms. The minimum Gasteiger partial charge on any atom is -0.369 e. The molecule has 0 N–H and O–H groups in total. The van der Waals surface area contributed by atoms with E-state index in [4.69, 9.17) is 16.1 Å². The quantitative estimate of drug-likeness (QED) is 0.818. The van der Waals surface area contributed by atoms with E-state index in [-0.39, 0.29) is 11.5 Å². The predicted octanol–water partition coefficient (Wildman–Crippen LogP) is 4.21. The molecule has 0 spiro atoms. The zero-order valence-corrected chi connectivity index (χ0v) is 16.5. The lowest BCUT2D eigenvalue weighted by molar-refractivity contribution is 0.164. The smallest absolute Gasteiger partial charge is 0.243 e. The summed E-state index contributed by atoms with van der Waals surface area (Å²) in [6.45, 7) is 14.4. The number of aryl methyl sites for hydroxylation is 1. The maximum atomic E-state index is 6.17. The molecule has 0 saturated carbocycles. The van der Waals surface area contributed by atoms with Crippen molar-refractivity contribution in [2.24, 2.45) is 0 Å². The van der Waals surface area contributed by atoms with E-state index in [1.165, 1.54) is 11.3 Å². The summed E-state index contributed by atoms with van der Waals surface area (Å²) >= 11 is 6.17. The Kier molecular flexibility index (Phi) is 5.07. The van der Waals surface area contributed by atoms with Crippen molar-refractivity contribution in [2.75, 3.05) is 31.1 Å². The van der Waals surface area contributed by atoms with Gasteiger partial charge in [0.2, 0.25) is 5.89 Å². The van der Waals surface area contributed by atoms with Gasteiger partial charge in [-0.05, 0) is 31.5 Å². The SMILES string of the molecule is Cc1ccc(Cl)cc1N1CCN(C(C)c2nc(C(C)(C)C)no2)CC1. The molecule has 0 amide bonds. The highest BCUT2D eigenvalue weighted by Gasteiger charge is 2.28. The summed E-state index contributed by atoms with van der Waals surface area (Å²) in [6, 6.07) is 6.22. The molecule has 0 aliphatic carbocycles. The van der Waals surface area contributed by atoms with Crippen molar-refractivity contribution in [3.05, 3.63) is 40.5 Å². The number of halogens is 1. The number of piperazine rings is 1. The molecule has 1 aromatic carbocycles. The van der Waals surface area contributed by atoms with Crippen molar-refractivity contribution in [1.82, 2.24) is 15.0 Å². The van der Waals surface area contributed by atoms with E-state index >= 15 is 0 Å². The Bertz CT molecular complexity index is 729. The van der Waals surface area contributed by atoms with Crippen molar-refractivity contribution >= 4 is 17.3 Å². The van der Waals surface area contributed by atoms with Crippen molar-refractivity contribution in [3.63, 3.8) is 0 Å². The molecule has 25 heavy (non-hydrogen) atoms. The topological polar surface area (TPSA) is 45.4 Å². The van der Waals surface area contributed by atoms with Crippen molar-refractivity contribution in [1.29, 1.82) is 0 Å². The third-order valence-electron chi connectivity index (χ3n) is 4.84. The van der Waals surface area contributed by atoms with Crippen LogP contribution in [0.25, 0.3) is 0 Å². The Morgan fingerprint density at radius 2 is 1.84 bits per heavy atom. The molecule has 2 aromatic rings. The van der Waals surface area contributed by atoms with E-state index in [0.717, 1.165) is 37.0 Å².